The third-order valence-corrected chi connectivity index (χ3v) is 2.73. The molecule has 2 rings (SSSR count). The molecule has 0 aliphatic heterocycles. The highest BCUT2D eigenvalue weighted by atomic mass is 19.1. The molecule has 2 aromatic carbocycles. The van der Waals surface area contributed by atoms with E-state index in [2.05, 4.69) is 0 Å². The van der Waals surface area contributed by atoms with Crippen LogP contribution in [0.15, 0.2) is 54.6 Å². The Morgan fingerprint density at radius 1 is 1.05 bits per heavy atom. The number of halogens is 1. The highest BCUT2D eigenvalue weighted by Gasteiger charge is 2.13. The van der Waals surface area contributed by atoms with E-state index in [1.54, 1.807) is 30.3 Å². The number of ether oxygens (including phenoxy) is 1. The molecule has 0 atom stereocenters. The van der Waals surface area contributed by atoms with E-state index >= 15 is 0 Å². The van der Waals surface area contributed by atoms with Crippen molar-refractivity contribution in [1.29, 1.82) is 5.41 Å². The van der Waals surface area contributed by atoms with Crippen molar-refractivity contribution in [2.24, 2.45) is 0 Å². The maximum Gasteiger partial charge on any atom is 0.419 e. The molecule has 6 heteroatoms. The quantitative estimate of drug-likeness (QED) is 0.852. The highest BCUT2D eigenvalue weighted by molar-refractivity contribution is 6.11. The van der Waals surface area contributed by atoms with Gasteiger partial charge in [0.15, 0.2) is 0 Å². The number of hydrogen-bond acceptors (Lipinski definition) is 4. The Hall–Kier alpha value is -3.02. The summed E-state index contributed by atoms with van der Waals surface area (Å²) in [5, 5.41) is 9.79. The Balaban J connectivity index is 1.86. The van der Waals surface area contributed by atoms with Gasteiger partial charge in [-0.05, 0) is 29.8 Å². The third kappa shape index (κ3) is 4.52. The number of amides is 2. The third-order valence-electron chi connectivity index (χ3n) is 2.73. The topological polar surface area (TPSA) is 79.3 Å². The fraction of sp³-hybridized carbons (Fsp3) is 0.0625. The van der Waals surface area contributed by atoms with Crippen molar-refractivity contribution in [3.05, 3.63) is 66.0 Å². The first kappa shape index (κ1) is 15.4. The number of benzene rings is 2. The molecule has 0 heterocycles. The summed E-state index contributed by atoms with van der Waals surface area (Å²) in [5.41, 5.74) is 0.387. The molecule has 0 saturated carbocycles. The summed E-state index contributed by atoms with van der Waals surface area (Å²) in [5.74, 6) is -0.788. The van der Waals surface area contributed by atoms with Crippen LogP contribution in [0.2, 0.25) is 0 Å². The van der Waals surface area contributed by atoms with Crippen molar-refractivity contribution >= 4 is 17.7 Å². The van der Waals surface area contributed by atoms with Crippen LogP contribution >= 0.6 is 0 Å². The fourth-order valence-electron chi connectivity index (χ4n) is 1.69. The lowest BCUT2D eigenvalue weighted by Crippen LogP contribution is -2.34. The van der Waals surface area contributed by atoms with Gasteiger partial charge in [0, 0.05) is 5.71 Å². The predicted octanol–water partition coefficient (Wildman–Crippen LogP) is 2.90. The number of rotatable bonds is 4. The van der Waals surface area contributed by atoms with Crippen LogP contribution in [0.25, 0.3) is 0 Å². The van der Waals surface area contributed by atoms with E-state index in [-0.39, 0.29) is 12.1 Å². The summed E-state index contributed by atoms with van der Waals surface area (Å²) in [6.07, 6.45) is -1.22. The Kier molecular flexibility index (Phi) is 4.98. The summed E-state index contributed by atoms with van der Waals surface area (Å²) in [4.78, 5) is 23.2. The first-order valence-electron chi connectivity index (χ1n) is 6.44. The summed E-state index contributed by atoms with van der Waals surface area (Å²) < 4.78 is 17.7. The number of nitrogens with one attached hydrogen (secondary N) is 2. The molecular formula is C16H13FN2O3. The number of carbonyl (C=O) groups is 2. The van der Waals surface area contributed by atoms with Crippen LogP contribution in [0.1, 0.15) is 12.0 Å². The van der Waals surface area contributed by atoms with Crippen LogP contribution in [0.5, 0.6) is 5.75 Å². The average Bonchev–Trinajstić information content (AvgIpc) is 2.48. The Bertz CT molecular complexity index is 684. The van der Waals surface area contributed by atoms with E-state index in [4.69, 9.17) is 10.1 Å². The Labute approximate surface area is 126 Å². The van der Waals surface area contributed by atoms with Gasteiger partial charge in [-0.25, -0.2) is 9.18 Å². The second-order valence-corrected chi connectivity index (χ2v) is 4.41. The smallest absolute Gasteiger partial charge is 0.410 e. The van der Waals surface area contributed by atoms with Crippen LogP contribution < -0.4 is 10.1 Å². The molecule has 0 unspecified atom stereocenters. The number of para-hydroxylation sites is 1. The molecule has 0 fully saturated rings. The molecule has 112 valence electrons. The monoisotopic (exact) mass is 300 g/mol. The van der Waals surface area contributed by atoms with Crippen molar-refractivity contribution in [1.82, 2.24) is 5.32 Å². The van der Waals surface area contributed by atoms with Gasteiger partial charge >= 0.3 is 6.09 Å². The van der Waals surface area contributed by atoms with Crippen LogP contribution in [0.3, 0.4) is 0 Å². The van der Waals surface area contributed by atoms with Gasteiger partial charge in [-0.2, -0.15) is 0 Å². The first-order valence-corrected chi connectivity index (χ1v) is 6.44. The molecule has 2 N–H and O–H groups in total. The second-order valence-electron chi connectivity index (χ2n) is 4.41. The standard InChI is InChI=1S/C16H13FN2O3/c17-12-8-6-11(7-9-12)14(18)10-15(20)19-16(21)22-13-4-2-1-3-5-13/h1-9,18H,10H2,(H,19,20,21). The molecule has 0 aromatic heterocycles. The van der Waals surface area contributed by atoms with Crippen molar-refractivity contribution in [3.63, 3.8) is 0 Å². The number of carbonyl (C=O) groups excluding carboxylic acids is 2. The predicted molar refractivity (Wildman–Crippen MR) is 78.5 cm³/mol. The molecule has 2 aromatic rings. The molecule has 2 amide bonds. The number of imide groups is 1. The number of hydrogen-bond donors (Lipinski definition) is 2. The van der Waals surface area contributed by atoms with Gasteiger partial charge in [0.1, 0.15) is 11.6 Å². The summed E-state index contributed by atoms with van der Waals surface area (Å²) in [6.45, 7) is 0. The van der Waals surface area contributed by atoms with Gasteiger partial charge < -0.3 is 10.1 Å². The Morgan fingerprint density at radius 3 is 2.32 bits per heavy atom. The van der Waals surface area contributed by atoms with Crippen molar-refractivity contribution in [3.8, 4) is 5.75 Å². The first-order chi connectivity index (χ1) is 10.5. The second kappa shape index (κ2) is 7.12. The summed E-state index contributed by atoms with van der Waals surface area (Å²) in [6, 6.07) is 13.5. The summed E-state index contributed by atoms with van der Waals surface area (Å²) >= 11 is 0. The van der Waals surface area contributed by atoms with E-state index in [0.717, 1.165) is 0 Å². The molecule has 5 nitrogen and oxygen atoms in total. The van der Waals surface area contributed by atoms with Gasteiger partial charge in [-0.15, -0.1) is 0 Å². The Morgan fingerprint density at radius 2 is 1.68 bits per heavy atom. The van der Waals surface area contributed by atoms with Crippen LogP contribution in [0.4, 0.5) is 9.18 Å². The zero-order chi connectivity index (χ0) is 15.9. The molecule has 0 saturated heterocycles. The van der Waals surface area contributed by atoms with Crippen LogP contribution in [-0.4, -0.2) is 17.7 Å². The zero-order valence-corrected chi connectivity index (χ0v) is 11.5. The maximum atomic E-state index is 12.8. The van der Waals surface area contributed by atoms with Crippen molar-refractivity contribution in [2.45, 2.75) is 6.42 Å². The van der Waals surface area contributed by atoms with Gasteiger partial charge in [0.25, 0.3) is 0 Å². The molecule has 0 spiro atoms. The van der Waals surface area contributed by atoms with E-state index < -0.39 is 17.8 Å². The minimum Gasteiger partial charge on any atom is -0.410 e. The largest absolute Gasteiger partial charge is 0.419 e. The SMILES string of the molecule is N=C(CC(=O)NC(=O)Oc1ccccc1)c1ccc(F)cc1. The van der Waals surface area contributed by atoms with Crippen molar-refractivity contribution < 1.29 is 18.7 Å². The lowest BCUT2D eigenvalue weighted by atomic mass is 10.1. The lowest BCUT2D eigenvalue weighted by molar-refractivity contribution is -0.119. The van der Waals surface area contributed by atoms with Crippen molar-refractivity contribution in [2.75, 3.05) is 0 Å². The van der Waals surface area contributed by atoms with E-state index in [0.29, 0.717) is 11.3 Å². The fourth-order valence-corrected chi connectivity index (χ4v) is 1.69. The molecule has 0 aliphatic carbocycles. The highest BCUT2D eigenvalue weighted by Crippen LogP contribution is 2.09. The van der Waals surface area contributed by atoms with Gasteiger partial charge in [0.05, 0.1) is 6.42 Å². The van der Waals surface area contributed by atoms with Crippen LogP contribution in [0, 0.1) is 11.2 Å². The zero-order valence-electron chi connectivity index (χ0n) is 11.5. The van der Waals surface area contributed by atoms with Crippen LogP contribution in [-0.2, 0) is 4.79 Å². The van der Waals surface area contributed by atoms with E-state index in [1.165, 1.54) is 24.3 Å². The van der Waals surface area contributed by atoms with Gasteiger partial charge in [-0.1, -0.05) is 30.3 Å². The molecular weight excluding hydrogens is 287 g/mol. The average molecular weight is 300 g/mol. The molecule has 0 radical (unpaired) electrons. The van der Waals surface area contributed by atoms with Gasteiger partial charge in [-0.3, -0.25) is 10.1 Å². The minimum absolute atomic E-state index is 0.0231. The summed E-state index contributed by atoms with van der Waals surface area (Å²) in [7, 11) is 0. The molecule has 0 bridgehead atoms. The normalized spacial score (nSPS) is 9.86. The van der Waals surface area contributed by atoms with E-state index in [9.17, 15) is 14.0 Å². The molecule has 0 aliphatic rings. The minimum atomic E-state index is -0.914. The molecule has 22 heavy (non-hydrogen) atoms. The van der Waals surface area contributed by atoms with Gasteiger partial charge in [0.2, 0.25) is 5.91 Å². The lowest BCUT2D eigenvalue weighted by Gasteiger charge is -2.06. The maximum absolute atomic E-state index is 12.8. The van der Waals surface area contributed by atoms with E-state index in [1.807, 2.05) is 5.32 Å².